The van der Waals surface area contributed by atoms with Crippen molar-refractivity contribution in [1.82, 2.24) is 0 Å². The Morgan fingerprint density at radius 1 is 1.05 bits per heavy atom. The van der Waals surface area contributed by atoms with Gasteiger partial charge in [0, 0.05) is 12.5 Å². The molecular formula is C18H19NO2. The second kappa shape index (κ2) is 6.84. The Hall–Kier alpha value is -2.42. The fourth-order valence-electron chi connectivity index (χ4n) is 2.20. The van der Waals surface area contributed by atoms with Crippen LogP contribution in [0.15, 0.2) is 60.3 Å². The predicted octanol–water partition coefficient (Wildman–Crippen LogP) is 5.02. The monoisotopic (exact) mass is 281 g/mol. The quantitative estimate of drug-likeness (QED) is 0.570. The van der Waals surface area contributed by atoms with Gasteiger partial charge in [0.05, 0.1) is 4.92 Å². The number of nitro groups is 1. The van der Waals surface area contributed by atoms with Crippen LogP contribution in [0.4, 0.5) is 0 Å². The van der Waals surface area contributed by atoms with E-state index in [-0.39, 0.29) is 16.5 Å². The molecular weight excluding hydrogens is 262 g/mol. The summed E-state index contributed by atoms with van der Waals surface area (Å²) in [6.07, 6.45) is 2.14. The molecule has 0 heterocycles. The predicted molar refractivity (Wildman–Crippen MR) is 86.3 cm³/mol. The van der Waals surface area contributed by atoms with Gasteiger partial charge in [0.2, 0.25) is 5.70 Å². The van der Waals surface area contributed by atoms with Crippen molar-refractivity contribution in [2.75, 3.05) is 0 Å². The Labute approximate surface area is 125 Å². The van der Waals surface area contributed by atoms with Crippen molar-refractivity contribution in [2.45, 2.75) is 20.3 Å². The molecule has 0 aliphatic rings. The molecule has 0 aliphatic heterocycles. The molecule has 0 aliphatic carbocycles. The van der Waals surface area contributed by atoms with E-state index in [4.69, 9.17) is 0 Å². The van der Waals surface area contributed by atoms with Crippen LogP contribution in [0.3, 0.4) is 0 Å². The minimum atomic E-state index is -0.287. The van der Waals surface area contributed by atoms with Gasteiger partial charge in [-0.3, -0.25) is 10.1 Å². The third-order valence-electron chi connectivity index (χ3n) is 3.20. The lowest BCUT2D eigenvalue weighted by atomic mass is 10.0. The zero-order valence-corrected chi connectivity index (χ0v) is 12.3. The molecule has 2 rings (SSSR count). The van der Waals surface area contributed by atoms with Crippen molar-refractivity contribution >= 4 is 6.08 Å². The van der Waals surface area contributed by atoms with Crippen LogP contribution in [0.1, 0.15) is 25.8 Å². The van der Waals surface area contributed by atoms with E-state index in [0.29, 0.717) is 6.42 Å². The second-order valence-electron chi connectivity index (χ2n) is 5.48. The van der Waals surface area contributed by atoms with Crippen LogP contribution < -0.4 is 0 Å². The molecule has 0 saturated carbocycles. The summed E-state index contributed by atoms with van der Waals surface area (Å²) < 4.78 is 0. The van der Waals surface area contributed by atoms with Gasteiger partial charge < -0.3 is 0 Å². The minimum Gasteiger partial charge on any atom is -0.259 e. The maximum Gasteiger partial charge on any atom is 0.247 e. The van der Waals surface area contributed by atoms with Gasteiger partial charge in [-0.25, -0.2) is 0 Å². The van der Waals surface area contributed by atoms with Gasteiger partial charge in [0.15, 0.2) is 0 Å². The van der Waals surface area contributed by atoms with Gasteiger partial charge in [-0.05, 0) is 22.6 Å². The Bertz CT molecular complexity index is 628. The minimum absolute atomic E-state index is 0.262. The average molecular weight is 281 g/mol. The first-order valence-electron chi connectivity index (χ1n) is 7.06. The van der Waals surface area contributed by atoms with Gasteiger partial charge in [-0.2, -0.15) is 0 Å². The average Bonchev–Trinajstić information content (AvgIpc) is 2.48. The maximum atomic E-state index is 11.1. The van der Waals surface area contributed by atoms with E-state index in [9.17, 15) is 10.1 Å². The summed E-state index contributed by atoms with van der Waals surface area (Å²) >= 11 is 0. The van der Waals surface area contributed by atoms with Crippen molar-refractivity contribution in [3.8, 4) is 11.1 Å². The largest absolute Gasteiger partial charge is 0.259 e. The summed E-state index contributed by atoms with van der Waals surface area (Å²) in [7, 11) is 0. The molecule has 0 atom stereocenters. The van der Waals surface area contributed by atoms with Crippen molar-refractivity contribution in [2.24, 2.45) is 5.92 Å². The van der Waals surface area contributed by atoms with Crippen molar-refractivity contribution in [3.05, 3.63) is 76.0 Å². The van der Waals surface area contributed by atoms with Gasteiger partial charge in [0.25, 0.3) is 0 Å². The molecule has 0 saturated heterocycles. The van der Waals surface area contributed by atoms with Gasteiger partial charge >= 0.3 is 0 Å². The number of benzene rings is 2. The van der Waals surface area contributed by atoms with Crippen LogP contribution in [-0.2, 0) is 0 Å². The summed E-state index contributed by atoms with van der Waals surface area (Å²) in [6.45, 7) is 3.96. The van der Waals surface area contributed by atoms with Crippen LogP contribution >= 0.6 is 0 Å². The number of allylic oxidation sites excluding steroid dienone is 1. The van der Waals surface area contributed by atoms with Gasteiger partial charge in [-0.15, -0.1) is 0 Å². The first-order chi connectivity index (χ1) is 10.1. The van der Waals surface area contributed by atoms with Gasteiger partial charge in [-0.1, -0.05) is 68.4 Å². The van der Waals surface area contributed by atoms with Crippen molar-refractivity contribution in [3.63, 3.8) is 0 Å². The number of hydrogen-bond acceptors (Lipinski definition) is 2. The highest BCUT2D eigenvalue weighted by Gasteiger charge is 2.12. The fourth-order valence-corrected chi connectivity index (χ4v) is 2.20. The molecule has 108 valence electrons. The van der Waals surface area contributed by atoms with Crippen molar-refractivity contribution in [1.29, 1.82) is 0 Å². The molecule has 0 bridgehead atoms. The highest BCUT2D eigenvalue weighted by Crippen LogP contribution is 2.21. The summed E-state index contributed by atoms with van der Waals surface area (Å²) in [4.78, 5) is 10.8. The summed E-state index contributed by atoms with van der Waals surface area (Å²) in [5.41, 5.74) is 3.38. The van der Waals surface area contributed by atoms with Crippen LogP contribution in [0.25, 0.3) is 17.2 Å². The summed E-state index contributed by atoms with van der Waals surface area (Å²) in [5, 5.41) is 11.1. The number of rotatable bonds is 5. The molecule has 0 radical (unpaired) electrons. The molecule has 0 N–H and O–H groups in total. The van der Waals surface area contributed by atoms with E-state index in [0.717, 1.165) is 16.7 Å². The third kappa shape index (κ3) is 4.28. The topological polar surface area (TPSA) is 43.1 Å². The SMILES string of the molecule is CC(C)CC(=Cc1ccc(-c2ccccc2)cc1)[N+](=O)[O-]. The second-order valence-corrected chi connectivity index (χ2v) is 5.48. The van der Waals surface area contributed by atoms with Crippen LogP contribution in [0.5, 0.6) is 0 Å². The Morgan fingerprint density at radius 2 is 1.62 bits per heavy atom. The number of hydrogen-bond donors (Lipinski definition) is 0. The molecule has 0 fully saturated rings. The normalized spacial score (nSPS) is 11.7. The molecule has 0 unspecified atom stereocenters. The molecule has 0 spiro atoms. The van der Waals surface area contributed by atoms with E-state index in [1.165, 1.54) is 0 Å². The van der Waals surface area contributed by atoms with E-state index >= 15 is 0 Å². The lowest BCUT2D eigenvalue weighted by Gasteiger charge is -2.04. The first kappa shape index (κ1) is 15.0. The maximum absolute atomic E-state index is 11.1. The summed E-state index contributed by atoms with van der Waals surface area (Å²) in [6, 6.07) is 17.9. The Balaban J connectivity index is 2.24. The highest BCUT2D eigenvalue weighted by atomic mass is 16.6. The van der Waals surface area contributed by atoms with E-state index in [1.807, 2.05) is 68.4 Å². The summed E-state index contributed by atoms with van der Waals surface area (Å²) in [5.74, 6) is 0.269. The standard InChI is InChI=1S/C18H19NO2/c1-14(2)12-18(19(20)21)13-15-8-10-17(11-9-15)16-6-4-3-5-7-16/h3-11,13-14H,12H2,1-2H3. The zero-order valence-electron chi connectivity index (χ0n) is 12.3. The van der Waals surface area contributed by atoms with Crippen molar-refractivity contribution < 1.29 is 4.92 Å². The first-order valence-corrected chi connectivity index (χ1v) is 7.06. The van der Waals surface area contributed by atoms with E-state index in [2.05, 4.69) is 0 Å². The molecule has 2 aromatic carbocycles. The van der Waals surface area contributed by atoms with Crippen LogP contribution in [0.2, 0.25) is 0 Å². The smallest absolute Gasteiger partial charge is 0.247 e. The molecule has 3 heteroatoms. The lowest BCUT2D eigenvalue weighted by Crippen LogP contribution is -2.02. The molecule has 2 aromatic rings. The van der Waals surface area contributed by atoms with Crippen LogP contribution in [0, 0.1) is 16.0 Å². The van der Waals surface area contributed by atoms with E-state index < -0.39 is 0 Å². The van der Waals surface area contributed by atoms with E-state index in [1.54, 1.807) is 6.08 Å². The van der Waals surface area contributed by atoms with Gasteiger partial charge in [0.1, 0.15) is 0 Å². The highest BCUT2D eigenvalue weighted by molar-refractivity contribution is 5.65. The Morgan fingerprint density at radius 3 is 2.14 bits per heavy atom. The molecule has 0 aromatic heterocycles. The molecule has 21 heavy (non-hydrogen) atoms. The lowest BCUT2D eigenvalue weighted by molar-refractivity contribution is -0.427. The Kier molecular flexibility index (Phi) is 4.88. The fraction of sp³-hybridized carbons (Fsp3) is 0.222. The number of nitrogens with zero attached hydrogens (tertiary/aromatic N) is 1. The third-order valence-corrected chi connectivity index (χ3v) is 3.20. The molecule has 3 nitrogen and oxygen atoms in total. The van der Waals surface area contributed by atoms with Crippen LogP contribution in [-0.4, -0.2) is 4.92 Å². The zero-order chi connectivity index (χ0) is 15.2. The molecule has 0 amide bonds.